The number of hydrogen-bond donors (Lipinski definition) is 2. The minimum atomic E-state index is -1.55. The number of nitrogens with zero attached hydrogens (tertiary/aromatic N) is 2. The van der Waals surface area contributed by atoms with Crippen molar-refractivity contribution in [3.8, 4) is 12.3 Å². The Bertz CT molecular complexity index is 656. The number of benzene rings is 1. The third-order valence-corrected chi connectivity index (χ3v) is 3.91. The van der Waals surface area contributed by atoms with E-state index in [4.69, 9.17) is 11.2 Å². The monoisotopic (exact) mass is 344 g/mol. The Morgan fingerprint density at radius 1 is 1.24 bits per heavy atom. The zero-order valence-electron chi connectivity index (χ0n) is 15.0. The molecular formula is C18H25BN2O4. The largest absolute Gasteiger partial charge is 0.488 e. The Balaban J connectivity index is 1.95. The highest BCUT2D eigenvalue weighted by atomic mass is 16.6. The molecular weight excluding hydrogens is 319 g/mol. The summed E-state index contributed by atoms with van der Waals surface area (Å²) in [5.41, 5.74) is 1.43. The molecule has 25 heavy (non-hydrogen) atoms. The van der Waals surface area contributed by atoms with E-state index < -0.39 is 12.7 Å². The summed E-state index contributed by atoms with van der Waals surface area (Å²) < 4.78 is 5.39. The van der Waals surface area contributed by atoms with E-state index >= 15 is 0 Å². The van der Waals surface area contributed by atoms with Crippen LogP contribution in [0.1, 0.15) is 31.9 Å². The molecule has 0 unspecified atom stereocenters. The van der Waals surface area contributed by atoms with E-state index in [0.717, 1.165) is 18.7 Å². The lowest BCUT2D eigenvalue weighted by atomic mass is 9.78. The van der Waals surface area contributed by atoms with Crippen molar-refractivity contribution < 1.29 is 19.6 Å². The molecule has 0 aromatic heterocycles. The smallest absolute Gasteiger partial charge is 0.444 e. The van der Waals surface area contributed by atoms with Crippen molar-refractivity contribution in [2.75, 3.05) is 26.2 Å². The predicted octanol–water partition coefficient (Wildman–Crippen LogP) is 0.400. The lowest BCUT2D eigenvalue weighted by molar-refractivity contribution is 0.0139. The van der Waals surface area contributed by atoms with E-state index in [1.165, 1.54) is 0 Å². The molecule has 134 valence electrons. The zero-order chi connectivity index (χ0) is 18.6. The summed E-state index contributed by atoms with van der Waals surface area (Å²) in [7, 11) is -1.55. The fourth-order valence-corrected chi connectivity index (χ4v) is 2.72. The fourth-order valence-electron chi connectivity index (χ4n) is 2.72. The third-order valence-electron chi connectivity index (χ3n) is 3.91. The van der Waals surface area contributed by atoms with E-state index in [1.54, 1.807) is 17.0 Å². The van der Waals surface area contributed by atoms with Crippen LogP contribution < -0.4 is 5.46 Å². The predicted molar refractivity (Wildman–Crippen MR) is 97.3 cm³/mol. The number of amides is 1. The Labute approximate surface area is 149 Å². The number of rotatable bonds is 3. The average molecular weight is 344 g/mol. The van der Waals surface area contributed by atoms with Gasteiger partial charge in [-0.15, -0.1) is 6.42 Å². The van der Waals surface area contributed by atoms with Gasteiger partial charge >= 0.3 is 13.2 Å². The maximum atomic E-state index is 12.1. The second kappa shape index (κ2) is 7.92. The summed E-state index contributed by atoms with van der Waals surface area (Å²) in [5.74, 6) is 2.53. The molecule has 1 heterocycles. The first-order chi connectivity index (χ1) is 11.7. The molecule has 0 bridgehead atoms. The van der Waals surface area contributed by atoms with Crippen molar-refractivity contribution in [1.29, 1.82) is 0 Å². The first-order valence-electron chi connectivity index (χ1n) is 8.35. The van der Waals surface area contributed by atoms with Crippen LogP contribution >= 0.6 is 0 Å². The number of carbonyl (C=O) groups excluding carboxylic acids is 1. The van der Waals surface area contributed by atoms with Gasteiger partial charge in [-0.2, -0.15) is 0 Å². The first kappa shape index (κ1) is 19.3. The molecule has 0 atom stereocenters. The van der Waals surface area contributed by atoms with Gasteiger partial charge in [0.2, 0.25) is 0 Å². The molecule has 0 saturated carbocycles. The van der Waals surface area contributed by atoms with Crippen LogP contribution in [0.5, 0.6) is 0 Å². The topological polar surface area (TPSA) is 73.2 Å². The van der Waals surface area contributed by atoms with Crippen molar-refractivity contribution in [2.24, 2.45) is 0 Å². The maximum Gasteiger partial charge on any atom is 0.488 e. The zero-order valence-corrected chi connectivity index (χ0v) is 15.0. The molecule has 1 amide bonds. The van der Waals surface area contributed by atoms with Gasteiger partial charge in [-0.05, 0) is 43.9 Å². The Morgan fingerprint density at radius 2 is 1.88 bits per heavy atom. The summed E-state index contributed by atoms with van der Waals surface area (Å²) in [6.07, 6.45) is 5.15. The number of hydrogen-bond acceptors (Lipinski definition) is 5. The normalized spacial score (nSPS) is 15.6. The fraction of sp³-hybridized carbons (Fsp3) is 0.500. The first-order valence-corrected chi connectivity index (χ1v) is 8.35. The summed E-state index contributed by atoms with van der Waals surface area (Å²) in [6.45, 7) is 8.83. The van der Waals surface area contributed by atoms with Crippen molar-refractivity contribution >= 4 is 18.7 Å². The molecule has 0 spiro atoms. The standard InChI is InChI=1S/C18H25BN2O4/c1-5-14-10-15(12-16(11-14)19(23)24)13-20-6-8-21(9-7-20)17(22)25-18(2,3)4/h1,10-12,23-24H,6-9,13H2,2-4H3. The van der Waals surface area contributed by atoms with E-state index in [-0.39, 0.29) is 6.09 Å². The molecule has 1 aromatic carbocycles. The van der Waals surface area contributed by atoms with Gasteiger partial charge in [0.15, 0.2) is 0 Å². The van der Waals surface area contributed by atoms with E-state index in [0.29, 0.717) is 30.7 Å². The SMILES string of the molecule is C#Cc1cc(CN2CCN(C(=O)OC(C)(C)C)CC2)cc(B(O)O)c1. The summed E-state index contributed by atoms with van der Waals surface area (Å²) >= 11 is 0. The van der Waals surface area contributed by atoms with Crippen LogP contribution in [0.4, 0.5) is 4.79 Å². The van der Waals surface area contributed by atoms with Gasteiger partial charge in [-0.25, -0.2) is 4.79 Å². The second-order valence-electron chi connectivity index (χ2n) is 7.22. The second-order valence-corrected chi connectivity index (χ2v) is 7.22. The molecule has 1 aromatic rings. The van der Waals surface area contributed by atoms with Crippen LogP contribution in [0.2, 0.25) is 0 Å². The molecule has 1 fully saturated rings. The number of piperazine rings is 1. The van der Waals surface area contributed by atoms with Crippen LogP contribution in [0.25, 0.3) is 0 Å². The highest BCUT2D eigenvalue weighted by Crippen LogP contribution is 2.14. The minimum Gasteiger partial charge on any atom is -0.444 e. The molecule has 1 saturated heterocycles. The van der Waals surface area contributed by atoms with Crippen LogP contribution in [0.3, 0.4) is 0 Å². The van der Waals surface area contributed by atoms with E-state index in [9.17, 15) is 14.8 Å². The molecule has 7 heteroatoms. The minimum absolute atomic E-state index is 0.285. The lowest BCUT2D eigenvalue weighted by Gasteiger charge is -2.35. The number of terminal acetylenes is 1. The summed E-state index contributed by atoms with van der Waals surface area (Å²) in [6, 6.07) is 5.20. The molecule has 2 N–H and O–H groups in total. The molecule has 0 radical (unpaired) electrons. The van der Waals surface area contributed by atoms with Crippen molar-refractivity contribution in [3.05, 3.63) is 29.3 Å². The average Bonchev–Trinajstić information content (AvgIpc) is 2.53. The Kier molecular flexibility index (Phi) is 6.12. The number of carbonyl (C=O) groups is 1. The molecule has 1 aliphatic rings. The highest BCUT2D eigenvalue weighted by molar-refractivity contribution is 6.58. The van der Waals surface area contributed by atoms with Gasteiger partial charge < -0.3 is 19.7 Å². The molecule has 6 nitrogen and oxygen atoms in total. The highest BCUT2D eigenvalue weighted by Gasteiger charge is 2.26. The van der Waals surface area contributed by atoms with Crippen LogP contribution in [0, 0.1) is 12.3 Å². The third kappa shape index (κ3) is 5.78. The van der Waals surface area contributed by atoms with Crippen molar-refractivity contribution in [1.82, 2.24) is 9.80 Å². The van der Waals surface area contributed by atoms with Crippen LogP contribution in [0.15, 0.2) is 18.2 Å². The van der Waals surface area contributed by atoms with Gasteiger partial charge in [-0.3, -0.25) is 4.90 Å². The van der Waals surface area contributed by atoms with Crippen LogP contribution in [-0.4, -0.2) is 64.8 Å². The van der Waals surface area contributed by atoms with E-state index in [1.807, 2.05) is 26.8 Å². The van der Waals surface area contributed by atoms with Gasteiger partial charge in [0.05, 0.1) is 0 Å². The van der Waals surface area contributed by atoms with Gasteiger partial charge in [0, 0.05) is 38.3 Å². The van der Waals surface area contributed by atoms with E-state index in [2.05, 4.69) is 10.8 Å². The van der Waals surface area contributed by atoms with Gasteiger partial charge in [-0.1, -0.05) is 12.0 Å². The maximum absolute atomic E-state index is 12.1. The van der Waals surface area contributed by atoms with Crippen molar-refractivity contribution in [3.63, 3.8) is 0 Å². The Morgan fingerprint density at radius 3 is 2.40 bits per heavy atom. The van der Waals surface area contributed by atoms with Crippen LogP contribution in [-0.2, 0) is 11.3 Å². The molecule has 2 rings (SSSR count). The quantitative estimate of drug-likeness (QED) is 0.614. The van der Waals surface area contributed by atoms with Gasteiger partial charge in [0.25, 0.3) is 0 Å². The molecule has 1 aliphatic heterocycles. The summed E-state index contributed by atoms with van der Waals surface area (Å²) in [4.78, 5) is 16.0. The molecule has 0 aliphatic carbocycles. The lowest BCUT2D eigenvalue weighted by Crippen LogP contribution is -2.49. The van der Waals surface area contributed by atoms with Crippen molar-refractivity contribution in [2.45, 2.75) is 32.9 Å². The number of ether oxygens (including phenoxy) is 1. The Hall–Kier alpha value is -2.01. The summed E-state index contributed by atoms with van der Waals surface area (Å²) in [5, 5.41) is 18.8. The van der Waals surface area contributed by atoms with Gasteiger partial charge in [0.1, 0.15) is 5.60 Å².